The number of hydrogen-bond acceptors (Lipinski definition) is 4. The second-order valence-electron chi connectivity index (χ2n) is 12.7. The molecule has 0 aliphatic rings. The van der Waals surface area contributed by atoms with Crippen molar-refractivity contribution in [2.45, 2.75) is 123 Å². The Hall–Kier alpha value is 0.0338. The van der Waals surface area contributed by atoms with E-state index in [1.807, 2.05) is 6.08 Å². The van der Waals surface area contributed by atoms with Gasteiger partial charge in [-0.2, -0.15) is 0 Å². The first-order valence-electron chi connectivity index (χ1n) is 12.6. The molecule has 0 bridgehead atoms. The van der Waals surface area contributed by atoms with Gasteiger partial charge in [0, 0.05) is 12.2 Å². The lowest BCUT2D eigenvalue weighted by Gasteiger charge is -2.39. The van der Waals surface area contributed by atoms with Crippen molar-refractivity contribution in [3.05, 3.63) is 21.3 Å². The van der Waals surface area contributed by atoms with E-state index >= 15 is 0 Å². The van der Waals surface area contributed by atoms with Crippen molar-refractivity contribution >= 4 is 45.2 Å². The maximum absolute atomic E-state index is 12.5. The molecule has 0 radical (unpaired) electrons. The molecule has 0 fully saturated rings. The number of halogens is 1. The van der Waals surface area contributed by atoms with Gasteiger partial charge in [0.1, 0.15) is 0 Å². The van der Waals surface area contributed by atoms with Gasteiger partial charge >= 0.3 is 5.97 Å². The van der Waals surface area contributed by atoms with Gasteiger partial charge in [-0.3, -0.25) is 0 Å². The summed E-state index contributed by atoms with van der Waals surface area (Å²) < 4.78 is 20.3. The van der Waals surface area contributed by atoms with E-state index in [9.17, 15) is 4.79 Å². The minimum atomic E-state index is -1.93. The molecule has 0 aromatic heterocycles. The van der Waals surface area contributed by atoms with Crippen LogP contribution in [0.15, 0.2) is 21.3 Å². The normalized spacial score (nSPS) is 16.4. The molecule has 7 heteroatoms. The lowest BCUT2D eigenvalue weighted by Crippen LogP contribution is -2.44. The van der Waals surface area contributed by atoms with E-state index in [-0.39, 0.29) is 22.1 Å². The van der Waals surface area contributed by atoms with Crippen LogP contribution in [0.5, 0.6) is 0 Å². The number of esters is 1. The second-order valence-corrected chi connectivity index (χ2v) is 22.9. The van der Waals surface area contributed by atoms with E-state index < -0.39 is 16.6 Å². The van der Waals surface area contributed by atoms with Gasteiger partial charge in [0.05, 0.1) is 13.2 Å². The Bertz CT molecular complexity index is 700. The highest BCUT2D eigenvalue weighted by atomic mass is 127. The smallest absolute Gasteiger partial charge is 0.333 e. The zero-order chi connectivity index (χ0) is 27.0. The lowest BCUT2D eigenvalue weighted by molar-refractivity contribution is -0.136. The fourth-order valence-corrected chi connectivity index (χ4v) is 5.77. The third-order valence-electron chi connectivity index (χ3n) is 7.63. The van der Waals surface area contributed by atoms with Gasteiger partial charge in [-0.1, -0.05) is 77.1 Å². The van der Waals surface area contributed by atoms with Crippen LogP contribution in [0, 0.1) is 5.92 Å². The minimum Gasteiger partial charge on any atom is -0.466 e. The summed E-state index contributed by atoms with van der Waals surface area (Å²) in [6, 6.07) is 0. The summed E-state index contributed by atoms with van der Waals surface area (Å²) in [5.74, 6) is 0.235. The quantitative estimate of drug-likeness (QED) is 0.0888. The Kier molecular flexibility index (Phi) is 14.1. The maximum Gasteiger partial charge on any atom is 0.333 e. The molecule has 0 rings (SSSR count). The Morgan fingerprint density at radius 2 is 1.53 bits per heavy atom. The van der Waals surface area contributed by atoms with Crippen LogP contribution in [-0.4, -0.2) is 42.4 Å². The van der Waals surface area contributed by atoms with Crippen molar-refractivity contribution < 1.29 is 18.4 Å². The zero-order valence-corrected chi connectivity index (χ0v) is 28.5. The van der Waals surface area contributed by atoms with E-state index in [0.717, 1.165) is 31.4 Å². The number of ether oxygens (including phenoxy) is 1. The molecule has 4 nitrogen and oxygen atoms in total. The number of methoxy groups -OCH3 is 1. The SMILES string of the molecule is COC(=O)C(=CC[C@H](O[Si](C)(C)C(C)(C)C)C(C)=CI)CCC[C@H](C)CO[Si](C)(C)C(C)(C)C. The first-order valence-corrected chi connectivity index (χ1v) is 19.7. The topological polar surface area (TPSA) is 44.8 Å². The van der Waals surface area contributed by atoms with Gasteiger partial charge in [0.15, 0.2) is 16.6 Å². The summed E-state index contributed by atoms with van der Waals surface area (Å²) in [5.41, 5.74) is 1.95. The first-order chi connectivity index (χ1) is 15.3. The van der Waals surface area contributed by atoms with Gasteiger partial charge in [0.2, 0.25) is 0 Å². The minimum absolute atomic E-state index is 0.0191. The molecule has 2 atom stereocenters. The van der Waals surface area contributed by atoms with Crippen LogP contribution in [0.3, 0.4) is 0 Å². The number of rotatable bonds is 13. The van der Waals surface area contributed by atoms with Crippen molar-refractivity contribution in [2.24, 2.45) is 5.92 Å². The van der Waals surface area contributed by atoms with Crippen molar-refractivity contribution in [3.63, 3.8) is 0 Å². The van der Waals surface area contributed by atoms with Crippen LogP contribution in [0.2, 0.25) is 36.3 Å². The molecule has 0 N–H and O–H groups in total. The van der Waals surface area contributed by atoms with Gasteiger partial charge < -0.3 is 13.6 Å². The van der Waals surface area contributed by atoms with E-state index in [2.05, 4.69) is 108 Å². The van der Waals surface area contributed by atoms with Crippen LogP contribution >= 0.6 is 22.6 Å². The molecule has 0 spiro atoms. The summed E-state index contributed by atoms with van der Waals surface area (Å²) in [5, 5.41) is 0.357. The molecule has 0 heterocycles. The highest BCUT2D eigenvalue weighted by molar-refractivity contribution is 14.1. The predicted octanol–water partition coefficient (Wildman–Crippen LogP) is 9.03. The van der Waals surface area contributed by atoms with Crippen molar-refractivity contribution in [2.75, 3.05) is 13.7 Å². The van der Waals surface area contributed by atoms with Gasteiger partial charge in [-0.15, -0.1) is 0 Å². The van der Waals surface area contributed by atoms with Crippen LogP contribution < -0.4 is 0 Å². The van der Waals surface area contributed by atoms with Crippen LogP contribution in [-0.2, 0) is 18.4 Å². The summed E-state index contributed by atoms with van der Waals surface area (Å²) in [4.78, 5) is 12.5. The Labute approximate surface area is 227 Å². The van der Waals surface area contributed by atoms with Gasteiger partial charge in [0.25, 0.3) is 0 Å². The molecule has 0 aromatic carbocycles. The van der Waals surface area contributed by atoms with Crippen molar-refractivity contribution in [1.82, 2.24) is 0 Å². The average molecular weight is 625 g/mol. The highest BCUT2D eigenvalue weighted by Gasteiger charge is 2.39. The molecule has 200 valence electrons. The summed E-state index contributed by atoms with van der Waals surface area (Å²) in [6.45, 7) is 27.9. The molecule has 0 aliphatic heterocycles. The lowest BCUT2D eigenvalue weighted by atomic mass is 10.00. The zero-order valence-electron chi connectivity index (χ0n) is 24.4. The monoisotopic (exact) mass is 624 g/mol. The van der Waals surface area contributed by atoms with E-state index in [1.165, 1.54) is 12.7 Å². The Morgan fingerprint density at radius 1 is 1.00 bits per heavy atom. The number of hydrogen-bond donors (Lipinski definition) is 0. The molecular formula is C27H53IO4Si2. The third kappa shape index (κ3) is 11.4. The molecular weight excluding hydrogens is 571 g/mol. The fourth-order valence-electron chi connectivity index (χ4n) is 2.89. The highest BCUT2D eigenvalue weighted by Crippen LogP contribution is 2.39. The van der Waals surface area contributed by atoms with E-state index in [1.54, 1.807) is 0 Å². The molecule has 34 heavy (non-hydrogen) atoms. The van der Waals surface area contributed by atoms with Crippen LogP contribution in [0.25, 0.3) is 0 Å². The fraction of sp³-hybridized carbons (Fsp3) is 0.815. The predicted molar refractivity (Wildman–Crippen MR) is 161 cm³/mol. The standard InChI is InChI=1S/C27H53IO4Si2/c1-21(20-31-33(10,11)26(3,4)5)15-14-16-23(25(29)30-9)17-18-24(22(2)19-28)32-34(12,13)27(6,7)8/h17,19,21,24H,14-16,18,20H2,1-13H3/t21-,24-/m0/s1. The third-order valence-corrected chi connectivity index (χ3v) is 17.6. The Balaban J connectivity index is 5.20. The second kappa shape index (κ2) is 14.1. The molecule has 0 aliphatic carbocycles. The molecule has 0 unspecified atom stereocenters. The molecule has 0 saturated carbocycles. The Morgan fingerprint density at radius 3 is 1.97 bits per heavy atom. The summed E-state index contributed by atoms with van der Waals surface area (Å²) >= 11 is 2.28. The van der Waals surface area contributed by atoms with E-state index in [0.29, 0.717) is 12.3 Å². The largest absolute Gasteiger partial charge is 0.466 e. The summed E-state index contributed by atoms with van der Waals surface area (Å²) in [7, 11) is -2.20. The van der Waals surface area contributed by atoms with Crippen LogP contribution in [0.4, 0.5) is 0 Å². The average Bonchev–Trinajstić information content (AvgIpc) is 2.70. The summed E-state index contributed by atoms with van der Waals surface area (Å²) in [6.07, 6.45) is 5.40. The van der Waals surface area contributed by atoms with Crippen LogP contribution in [0.1, 0.15) is 81.1 Å². The molecule has 0 aromatic rings. The number of carbonyl (C=O) groups excluding carboxylic acids is 1. The van der Waals surface area contributed by atoms with Gasteiger partial charge in [-0.05, 0) is 84.4 Å². The van der Waals surface area contributed by atoms with Gasteiger partial charge in [-0.25, -0.2) is 4.79 Å². The number of carbonyl (C=O) groups is 1. The van der Waals surface area contributed by atoms with Crippen molar-refractivity contribution in [1.29, 1.82) is 0 Å². The van der Waals surface area contributed by atoms with E-state index in [4.69, 9.17) is 13.6 Å². The first kappa shape index (κ1) is 34.0. The maximum atomic E-state index is 12.5. The molecule has 0 saturated heterocycles. The van der Waals surface area contributed by atoms with Crippen molar-refractivity contribution in [3.8, 4) is 0 Å². The molecule has 0 amide bonds.